The van der Waals surface area contributed by atoms with Gasteiger partial charge in [0.2, 0.25) is 5.82 Å². The summed E-state index contributed by atoms with van der Waals surface area (Å²) in [5.41, 5.74) is -1.21. The largest absolute Gasteiger partial charge is 0.433 e. The van der Waals surface area contributed by atoms with Crippen molar-refractivity contribution in [3.8, 4) is 5.75 Å². The summed E-state index contributed by atoms with van der Waals surface area (Å²) >= 11 is 0. The third-order valence-corrected chi connectivity index (χ3v) is 3.03. The Bertz CT molecular complexity index is 591. The standard InChI is InChI=1S/C7H3ClF3NO5S/c8-18(15,16)6-1-3(9)4(12(13)14)2-5(6)17-7(10)11/h1-2,7H. The zero-order valence-corrected chi connectivity index (χ0v) is 9.71. The molecule has 18 heavy (non-hydrogen) atoms. The minimum Gasteiger partial charge on any atom is -0.433 e. The first-order valence-electron chi connectivity index (χ1n) is 4.00. The van der Waals surface area contributed by atoms with Gasteiger partial charge in [0.05, 0.1) is 11.0 Å². The van der Waals surface area contributed by atoms with Crippen LogP contribution in [0.25, 0.3) is 0 Å². The highest BCUT2D eigenvalue weighted by atomic mass is 35.7. The monoisotopic (exact) mass is 305 g/mol. The van der Waals surface area contributed by atoms with Crippen LogP contribution in [-0.4, -0.2) is 20.0 Å². The lowest BCUT2D eigenvalue weighted by molar-refractivity contribution is -0.387. The van der Waals surface area contributed by atoms with E-state index in [4.69, 9.17) is 10.7 Å². The van der Waals surface area contributed by atoms with Crippen LogP contribution in [0.3, 0.4) is 0 Å². The summed E-state index contributed by atoms with van der Waals surface area (Å²) in [5, 5.41) is 10.4. The SMILES string of the molecule is O=[N+]([O-])c1cc(OC(F)F)c(S(=O)(=O)Cl)cc1F. The molecule has 0 atom stereocenters. The van der Waals surface area contributed by atoms with Crippen LogP contribution in [0.15, 0.2) is 17.0 Å². The van der Waals surface area contributed by atoms with Gasteiger partial charge in [-0.1, -0.05) is 0 Å². The average Bonchev–Trinajstić information content (AvgIpc) is 2.17. The molecule has 0 bridgehead atoms. The molecule has 1 aromatic rings. The van der Waals surface area contributed by atoms with Crippen LogP contribution >= 0.6 is 10.7 Å². The molecule has 100 valence electrons. The van der Waals surface area contributed by atoms with E-state index in [1.165, 1.54) is 0 Å². The Morgan fingerprint density at radius 2 is 1.94 bits per heavy atom. The molecule has 11 heteroatoms. The molecule has 0 aliphatic rings. The van der Waals surface area contributed by atoms with Gasteiger partial charge >= 0.3 is 12.3 Å². The molecule has 0 aromatic heterocycles. The summed E-state index contributed by atoms with van der Waals surface area (Å²) < 4.78 is 62.8. The quantitative estimate of drug-likeness (QED) is 0.484. The van der Waals surface area contributed by atoms with Gasteiger partial charge in [0, 0.05) is 16.7 Å². The predicted molar refractivity (Wildman–Crippen MR) is 52.7 cm³/mol. The lowest BCUT2D eigenvalue weighted by Crippen LogP contribution is -2.07. The van der Waals surface area contributed by atoms with Crippen molar-refractivity contribution in [1.82, 2.24) is 0 Å². The van der Waals surface area contributed by atoms with Crippen LogP contribution in [0.2, 0.25) is 0 Å². The molecule has 0 fully saturated rings. The maximum absolute atomic E-state index is 13.1. The van der Waals surface area contributed by atoms with Gasteiger partial charge in [0.1, 0.15) is 4.90 Å². The van der Waals surface area contributed by atoms with Crippen LogP contribution in [0.1, 0.15) is 0 Å². The molecular formula is C7H3ClF3NO5S. The molecule has 0 unspecified atom stereocenters. The van der Waals surface area contributed by atoms with E-state index in [-0.39, 0.29) is 12.1 Å². The van der Waals surface area contributed by atoms with Crippen LogP contribution < -0.4 is 4.74 Å². The first-order chi connectivity index (χ1) is 8.12. The minimum absolute atomic E-state index is 0.137. The Morgan fingerprint density at radius 1 is 1.39 bits per heavy atom. The second-order valence-electron chi connectivity index (χ2n) is 2.82. The lowest BCUT2D eigenvalue weighted by atomic mass is 10.3. The van der Waals surface area contributed by atoms with Crippen molar-refractivity contribution in [2.45, 2.75) is 11.5 Å². The summed E-state index contributed by atoms with van der Waals surface area (Å²) in [4.78, 5) is 8.02. The Balaban J connectivity index is 3.52. The molecule has 1 aromatic carbocycles. The summed E-state index contributed by atoms with van der Waals surface area (Å²) in [6.45, 7) is -3.45. The number of rotatable bonds is 4. The number of nitrogens with zero attached hydrogens (tertiary/aromatic N) is 1. The molecule has 6 nitrogen and oxygen atoms in total. The lowest BCUT2D eigenvalue weighted by Gasteiger charge is -2.08. The number of hydrogen-bond acceptors (Lipinski definition) is 5. The van der Waals surface area contributed by atoms with Crippen molar-refractivity contribution in [1.29, 1.82) is 0 Å². The Hall–Kier alpha value is -1.55. The maximum atomic E-state index is 13.1. The van der Waals surface area contributed by atoms with Crippen LogP contribution in [0, 0.1) is 15.9 Å². The zero-order valence-electron chi connectivity index (χ0n) is 8.14. The fourth-order valence-electron chi connectivity index (χ4n) is 1.04. The van der Waals surface area contributed by atoms with Gasteiger partial charge in [-0.05, 0) is 0 Å². The van der Waals surface area contributed by atoms with Crippen molar-refractivity contribution in [3.05, 3.63) is 28.1 Å². The highest BCUT2D eigenvalue weighted by Gasteiger charge is 2.26. The molecular weight excluding hydrogens is 303 g/mol. The molecule has 0 spiro atoms. The highest BCUT2D eigenvalue weighted by molar-refractivity contribution is 8.13. The summed E-state index contributed by atoms with van der Waals surface area (Å²) in [5.74, 6) is -2.64. The highest BCUT2D eigenvalue weighted by Crippen LogP contribution is 2.34. The first kappa shape index (κ1) is 14.5. The van der Waals surface area contributed by atoms with Gasteiger partial charge in [-0.2, -0.15) is 13.2 Å². The molecule has 0 radical (unpaired) electrons. The summed E-state index contributed by atoms with van der Waals surface area (Å²) in [6.07, 6.45) is 0. The molecule has 1 rings (SSSR count). The molecule has 0 aliphatic carbocycles. The number of alkyl halides is 2. The van der Waals surface area contributed by atoms with E-state index in [1.54, 1.807) is 0 Å². The number of halogens is 4. The van der Waals surface area contributed by atoms with E-state index < -0.39 is 42.7 Å². The second-order valence-corrected chi connectivity index (χ2v) is 5.36. The van der Waals surface area contributed by atoms with E-state index in [0.717, 1.165) is 0 Å². The Labute approximate surface area is 102 Å². The van der Waals surface area contributed by atoms with Crippen LogP contribution in [0.5, 0.6) is 5.75 Å². The van der Waals surface area contributed by atoms with Crippen molar-refractivity contribution in [3.63, 3.8) is 0 Å². The van der Waals surface area contributed by atoms with Crippen molar-refractivity contribution in [2.75, 3.05) is 0 Å². The first-order valence-corrected chi connectivity index (χ1v) is 6.31. The van der Waals surface area contributed by atoms with Gasteiger partial charge < -0.3 is 4.74 Å². The number of benzene rings is 1. The van der Waals surface area contributed by atoms with Gasteiger partial charge in [0.25, 0.3) is 9.05 Å². The minimum atomic E-state index is -4.59. The third kappa shape index (κ3) is 3.23. The van der Waals surface area contributed by atoms with Crippen LogP contribution in [0.4, 0.5) is 18.9 Å². The number of ether oxygens (including phenoxy) is 1. The van der Waals surface area contributed by atoms with E-state index in [2.05, 4.69) is 4.74 Å². The second kappa shape index (κ2) is 4.98. The van der Waals surface area contributed by atoms with Crippen molar-refractivity contribution < 1.29 is 31.2 Å². The summed E-state index contributed by atoms with van der Waals surface area (Å²) in [6, 6.07) is 0.356. The smallest absolute Gasteiger partial charge is 0.387 e. The van der Waals surface area contributed by atoms with Crippen molar-refractivity contribution >= 4 is 25.4 Å². The van der Waals surface area contributed by atoms with E-state index >= 15 is 0 Å². The Kier molecular flexibility index (Phi) is 4.02. The van der Waals surface area contributed by atoms with Gasteiger partial charge in [0.15, 0.2) is 5.75 Å². The molecule has 0 saturated carbocycles. The van der Waals surface area contributed by atoms with Gasteiger partial charge in [-0.3, -0.25) is 10.1 Å². The van der Waals surface area contributed by atoms with Gasteiger partial charge in [-0.25, -0.2) is 8.42 Å². The van der Waals surface area contributed by atoms with E-state index in [1.807, 2.05) is 0 Å². The van der Waals surface area contributed by atoms with E-state index in [9.17, 15) is 31.7 Å². The third-order valence-electron chi connectivity index (χ3n) is 1.69. The maximum Gasteiger partial charge on any atom is 0.387 e. The number of nitro groups is 1. The fourth-order valence-corrected chi connectivity index (χ4v) is 2.00. The summed E-state index contributed by atoms with van der Waals surface area (Å²) in [7, 11) is 0.269. The normalized spacial score (nSPS) is 11.6. The topological polar surface area (TPSA) is 86.5 Å². The molecule has 0 aliphatic heterocycles. The number of nitro benzene ring substituents is 1. The fraction of sp³-hybridized carbons (Fsp3) is 0.143. The zero-order chi connectivity index (χ0) is 14.1. The predicted octanol–water partition coefficient (Wildman–Crippen LogP) is 2.26. The van der Waals surface area contributed by atoms with E-state index in [0.29, 0.717) is 0 Å². The molecule has 0 N–H and O–H groups in total. The molecule has 0 heterocycles. The molecule has 0 saturated heterocycles. The van der Waals surface area contributed by atoms with Crippen molar-refractivity contribution in [2.24, 2.45) is 0 Å². The Morgan fingerprint density at radius 3 is 2.33 bits per heavy atom. The van der Waals surface area contributed by atoms with Crippen LogP contribution in [-0.2, 0) is 9.05 Å². The van der Waals surface area contributed by atoms with Gasteiger partial charge in [-0.15, -0.1) is 0 Å². The average molecular weight is 306 g/mol. The number of hydrogen-bond donors (Lipinski definition) is 0. The molecule has 0 amide bonds.